The van der Waals surface area contributed by atoms with Gasteiger partial charge in [-0.2, -0.15) is 13.2 Å². The number of aromatic nitrogens is 4. The molecule has 4 rings (SSSR count). The molecule has 3 heterocycles. The highest BCUT2D eigenvalue weighted by atomic mass is 35.5. The molecule has 0 aliphatic carbocycles. The normalized spacial score (nSPS) is 11.4. The Balaban J connectivity index is 1.55. The number of H-pyrrole nitrogens is 1. The van der Waals surface area contributed by atoms with Crippen LogP contribution in [-0.2, 0) is 12.8 Å². The van der Waals surface area contributed by atoms with E-state index in [4.69, 9.17) is 21.1 Å². The second-order valence-electron chi connectivity index (χ2n) is 6.70. The van der Waals surface area contributed by atoms with Gasteiger partial charge in [0.2, 0.25) is 0 Å². The van der Waals surface area contributed by atoms with E-state index in [1.807, 2.05) is 0 Å². The third kappa shape index (κ3) is 4.67. The molecule has 0 bridgehead atoms. The minimum atomic E-state index is -4.51. The molecule has 0 aliphatic heterocycles. The molecule has 0 unspecified atom stereocenters. The van der Waals surface area contributed by atoms with Gasteiger partial charge in [0.1, 0.15) is 29.1 Å². The van der Waals surface area contributed by atoms with Crippen molar-refractivity contribution in [2.24, 2.45) is 0 Å². The van der Waals surface area contributed by atoms with E-state index in [1.165, 1.54) is 19.4 Å². The number of ether oxygens (including phenoxy) is 2. The summed E-state index contributed by atoms with van der Waals surface area (Å²) in [4.78, 5) is 15.1. The largest absolute Gasteiger partial charge is 0.496 e. The van der Waals surface area contributed by atoms with Crippen molar-refractivity contribution in [2.75, 3.05) is 7.11 Å². The van der Waals surface area contributed by atoms with Crippen molar-refractivity contribution < 1.29 is 22.6 Å². The fourth-order valence-corrected chi connectivity index (χ4v) is 3.18. The monoisotopic (exact) mass is 460 g/mol. The zero-order valence-corrected chi connectivity index (χ0v) is 17.4. The van der Waals surface area contributed by atoms with Crippen LogP contribution < -0.4 is 9.47 Å². The van der Waals surface area contributed by atoms with Crippen LogP contribution in [0.3, 0.4) is 0 Å². The Hall–Kier alpha value is -3.59. The number of imidazole rings is 1. The number of methoxy groups -OCH3 is 1. The van der Waals surface area contributed by atoms with Crippen LogP contribution in [0.1, 0.15) is 11.1 Å². The van der Waals surface area contributed by atoms with Crippen LogP contribution in [0.15, 0.2) is 61.2 Å². The van der Waals surface area contributed by atoms with E-state index >= 15 is 0 Å². The highest BCUT2D eigenvalue weighted by Gasteiger charge is 2.33. The third-order valence-corrected chi connectivity index (χ3v) is 4.87. The number of benzene rings is 1. The van der Waals surface area contributed by atoms with Crippen LogP contribution in [0.4, 0.5) is 13.2 Å². The summed E-state index contributed by atoms with van der Waals surface area (Å²) in [5.41, 5.74) is 1.32. The summed E-state index contributed by atoms with van der Waals surface area (Å²) in [7, 11) is 1.49. The molecule has 32 heavy (non-hydrogen) atoms. The molecule has 0 saturated heterocycles. The highest BCUT2D eigenvalue weighted by Crippen LogP contribution is 2.35. The number of nitrogens with zero attached hydrogens (tertiary/aromatic N) is 3. The maximum Gasteiger partial charge on any atom is 0.418 e. The van der Waals surface area contributed by atoms with Gasteiger partial charge in [0, 0.05) is 41.3 Å². The molecule has 3 aromatic heterocycles. The van der Waals surface area contributed by atoms with Gasteiger partial charge in [0.15, 0.2) is 0 Å². The molecule has 0 amide bonds. The summed E-state index contributed by atoms with van der Waals surface area (Å²) < 4.78 is 50.5. The number of alkyl halides is 3. The van der Waals surface area contributed by atoms with Crippen LogP contribution in [0.5, 0.6) is 11.5 Å². The number of halogens is 4. The lowest BCUT2D eigenvalue weighted by molar-refractivity contribution is -0.138. The van der Waals surface area contributed by atoms with Crippen LogP contribution in [-0.4, -0.2) is 27.0 Å². The lowest BCUT2D eigenvalue weighted by Gasteiger charge is -2.14. The second-order valence-corrected chi connectivity index (χ2v) is 7.08. The van der Waals surface area contributed by atoms with Gasteiger partial charge in [-0.1, -0.05) is 11.6 Å². The molecular weight excluding hydrogens is 445 g/mol. The summed E-state index contributed by atoms with van der Waals surface area (Å²) in [6, 6.07) is 9.74. The zero-order chi connectivity index (χ0) is 22.7. The summed E-state index contributed by atoms with van der Waals surface area (Å²) in [6.45, 7) is -0.266. The van der Waals surface area contributed by atoms with Crippen molar-refractivity contribution in [3.05, 3.63) is 77.5 Å². The maximum atomic E-state index is 13.1. The van der Waals surface area contributed by atoms with Crippen LogP contribution in [0.25, 0.3) is 22.6 Å². The van der Waals surface area contributed by atoms with Crippen molar-refractivity contribution in [3.8, 4) is 34.1 Å². The van der Waals surface area contributed by atoms with Crippen molar-refractivity contribution in [1.29, 1.82) is 0 Å². The van der Waals surface area contributed by atoms with Crippen molar-refractivity contribution in [1.82, 2.24) is 19.9 Å². The van der Waals surface area contributed by atoms with Crippen molar-refractivity contribution in [3.63, 3.8) is 0 Å². The number of aromatic amines is 1. The van der Waals surface area contributed by atoms with E-state index in [0.29, 0.717) is 33.7 Å². The summed E-state index contributed by atoms with van der Waals surface area (Å²) in [6.07, 6.45) is 0.826. The predicted molar refractivity (Wildman–Crippen MR) is 112 cm³/mol. The average Bonchev–Trinajstić information content (AvgIpc) is 3.27. The first-order valence-corrected chi connectivity index (χ1v) is 9.71. The molecule has 0 atom stereocenters. The molecule has 6 nitrogen and oxygen atoms in total. The van der Waals surface area contributed by atoms with E-state index in [0.717, 1.165) is 11.8 Å². The highest BCUT2D eigenvalue weighted by molar-refractivity contribution is 6.29. The van der Waals surface area contributed by atoms with Gasteiger partial charge in [-0.25, -0.2) is 9.97 Å². The Kier molecular flexibility index (Phi) is 6.00. The fourth-order valence-electron chi connectivity index (χ4n) is 3.07. The number of hydrogen-bond acceptors (Lipinski definition) is 5. The van der Waals surface area contributed by atoms with Gasteiger partial charge >= 0.3 is 6.18 Å². The smallest absolute Gasteiger partial charge is 0.418 e. The molecule has 0 aliphatic rings. The molecule has 0 fully saturated rings. The van der Waals surface area contributed by atoms with E-state index in [2.05, 4.69) is 19.9 Å². The molecule has 164 valence electrons. The minimum Gasteiger partial charge on any atom is -0.496 e. The Morgan fingerprint density at radius 3 is 2.59 bits per heavy atom. The van der Waals surface area contributed by atoms with Crippen molar-refractivity contribution in [2.45, 2.75) is 12.8 Å². The van der Waals surface area contributed by atoms with Crippen LogP contribution in [0.2, 0.25) is 5.15 Å². The number of hydrogen-bond donors (Lipinski definition) is 1. The average molecular weight is 461 g/mol. The summed E-state index contributed by atoms with van der Waals surface area (Å²) in [5.74, 6) is 1.43. The van der Waals surface area contributed by atoms with Gasteiger partial charge in [0.05, 0.1) is 24.6 Å². The predicted octanol–water partition coefficient (Wildman–Crippen LogP) is 5.79. The Morgan fingerprint density at radius 1 is 1.03 bits per heavy atom. The molecular formula is C22H16ClF3N4O2. The number of rotatable bonds is 6. The van der Waals surface area contributed by atoms with Crippen LogP contribution >= 0.6 is 11.6 Å². The SMILES string of the molecule is COc1cc(OCc2ccncc2C(F)(F)F)ccc1-c1cnc(-c2ccc(Cl)nc2)[nH]1. The summed E-state index contributed by atoms with van der Waals surface area (Å²) in [5, 5.41) is 0.381. The number of nitrogens with one attached hydrogen (secondary N) is 1. The Morgan fingerprint density at radius 2 is 1.88 bits per heavy atom. The van der Waals surface area contributed by atoms with Gasteiger partial charge in [-0.3, -0.25) is 4.98 Å². The molecule has 4 aromatic rings. The lowest BCUT2D eigenvalue weighted by atomic mass is 10.1. The summed E-state index contributed by atoms with van der Waals surface area (Å²) >= 11 is 5.82. The lowest BCUT2D eigenvalue weighted by Crippen LogP contribution is -2.11. The van der Waals surface area contributed by atoms with Gasteiger partial charge in [0.25, 0.3) is 0 Å². The third-order valence-electron chi connectivity index (χ3n) is 4.65. The Labute approximate surface area is 186 Å². The fraction of sp³-hybridized carbons (Fsp3) is 0.136. The van der Waals surface area contributed by atoms with Crippen LogP contribution in [0, 0.1) is 0 Å². The van der Waals surface area contributed by atoms with E-state index < -0.39 is 11.7 Å². The van der Waals surface area contributed by atoms with Gasteiger partial charge < -0.3 is 14.5 Å². The maximum absolute atomic E-state index is 13.1. The molecule has 0 saturated carbocycles. The first-order valence-electron chi connectivity index (χ1n) is 9.33. The van der Waals surface area contributed by atoms with E-state index in [-0.39, 0.29) is 12.2 Å². The standard InChI is InChI=1S/C22H16ClF3N4O2/c1-31-19-8-15(32-12-14-6-7-27-10-17(14)22(24,25)26)3-4-16(19)18-11-29-21(30-18)13-2-5-20(23)28-9-13/h2-11H,12H2,1H3,(H,29,30). The van der Waals surface area contributed by atoms with Gasteiger partial charge in [-0.05, 0) is 30.3 Å². The van der Waals surface area contributed by atoms with Gasteiger partial charge in [-0.15, -0.1) is 0 Å². The molecule has 1 N–H and O–H groups in total. The van der Waals surface area contributed by atoms with E-state index in [1.54, 1.807) is 42.7 Å². The Bertz CT molecular complexity index is 1230. The first-order chi connectivity index (χ1) is 15.3. The van der Waals surface area contributed by atoms with E-state index in [9.17, 15) is 13.2 Å². The first kappa shape index (κ1) is 21.6. The topological polar surface area (TPSA) is 72.9 Å². The minimum absolute atomic E-state index is 0.00896. The molecule has 0 radical (unpaired) electrons. The number of pyridine rings is 2. The molecule has 10 heteroatoms. The zero-order valence-electron chi connectivity index (χ0n) is 16.7. The quantitative estimate of drug-likeness (QED) is 0.368. The molecule has 1 aromatic carbocycles. The molecule has 0 spiro atoms. The second kappa shape index (κ2) is 8.88. The van der Waals surface area contributed by atoms with Crippen molar-refractivity contribution >= 4 is 11.6 Å².